The standard InChI is InChI=1S/C24H26FN5O2/c1-16-12-17(2)28-24(27-16)29-19-9-10-21(26-13-19)18-6-5-11-30(14-18)23(31)15-32-22-8-4-3-7-20(22)25/h3-4,7-10,12-13,18H,5-6,11,14-15H2,1-2H3,(H,27,28,29). The molecule has 1 fully saturated rings. The van der Waals surface area contributed by atoms with Gasteiger partial charge in [-0.1, -0.05) is 12.1 Å². The average Bonchev–Trinajstić information content (AvgIpc) is 2.78. The van der Waals surface area contributed by atoms with E-state index in [1.54, 1.807) is 23.2 Å². The van der Waals surface area contributed by atoms with E-state index in [0.29, 0.717) is 19.0 Å². The van der Waals surface area contributed by atoms with Gasteiger partial charge in [0.1, 0.15) is 0 Å². The predicted molar refractivity (Wildman–Crippen MR) is 119 cm³/mol. The molecule has 0 saturated carbocycles. The molecule has 4 rings (SSSR count). The maximum atomic E-state index is 13.7. The number of anilines is 2. The van der Waals surface area contributed by atoms with Crippen molar-refractivity contribution in [1.82, 2.24) is 19.9 Å². The Hall–Kier alpha value is -3.55. The molecule has 0 radical (unpaired) electrons. The van der Waals surface area contributed by atoms with Crippen molar-refractivity contribution >= 4 is 17.5 Å². The third-order valence-corrected chi connectivity index (χ3v) is 5.40. The fraction of sp³-hybridized carbons (Fsp3) is 0.333. The number of pyridine rings is 1. The number of piperidine rings is 1. The molecule has 1 aliphatic rings. The summed E-state index contributed by atoms with van der Waals surface area (Å²) in [5.41, 5.74) is 3.54. The van der Waals surface area contributed by atoms with E-state index in [0.717, 1.165) is 35.6 Å². The van der Waals surface area contributed by atoms with Crippen molar-refractivity contribution < 1.29 is 13.9 Å². The van der Waals surface area contributed by atoms with Gasteiger partial charge in [0.15, 0.2) is 18.2 Å². The van der Waals surface area contributed by atoms with Gasteiger partial charge < -0.3 is 15.0 Å². The normalized spacial score (nSPS) is 16.0. The number of aryl methyl sites for hydroxylation is 2. The van der Waals surface area contributed by atoms with Gasteiger partial charge in [-0.2, -0.15) is 0 Å². The minimum Gasteiger partial charge on any atom is -0.481 e. The number of para-hydroxylation sites is 1. The van der Waals surface area contributed by atoms with Crippen LogP contribution in [-0.2, 0) is 4.79 Å². The van der Waals surface area contributed by atoms with Gasteiger partial charge in [0.25, 0.3) is 5.91 Å². The Bertz CT molecular complexity index is 1070. The molecule has 8 heteroatoms. The highest BCUT2D eigenvalue weighted by molar-refractivity contribution is 5.78. The Morgan fingerprint density at radius 2 is 1.97 bits per heavy atom. The number of likely N-dealkylation sites (tertiary alicyclic amines) is 1. The summed E-state index contributed by atoms with van der Waals surface area (Å²) in [6, 6.07) is 11.9. The van der Waals surface area contributed by atoms with Crippen LogP contribution in [0.1, 0.15) is 35.8 Å². The molecule has 1 amide bonds. The number of ether oxygens (including phenoxy) is 1. The summed E-state index contributed by atoms with van der Waals surface area (Å²) in [7, 11) is 0. The number of carbonyl (C=O) groups is 1. The monoisotopic (exact) mass is 435 g/mol. The number of nitrogens with zero attached hydrogens (tertiary/aromatic N) is 4. The third-order valence-electron chi connectivity index (χ3n) is 5.40. The van der Waals surface area contributed by atoms with Crippen LogP contribution >= 0.6 is 0 Å². The Morgan fingerprint density at radius 1 is 1.19 bits per heavy atom. The van der Waals surface area contributed by atoms with Gasteiger partial charge in [0.05, 0.1) is 11.9 Å². The number of aromatic nitrogens is 3. The molecule has 1 aliphatic heterocycles. The molecule has 0 bridgehead atoms. The molecule has 1 atom stereocenters. The molecule has 3 aromatic rings. The summed E-state index contributed by atoms with van der Waals surface area (Å²) in [6.07, 6.45) is 3.60. The van der Waals surface area contributed by atoms with Gasteiger partial charge in [-0.05, 0) is 57.0 Å². The number of benzene rings is 1. The summed E-state index contributed by atoms with van der Waals surface area (Å²) >= 11 is 0. The number of hydrogen-bond donors (Lipinski definition) is 1. The quantitative estimate of drug-likeness (QED) is 0.626. The van der Waals surface area contributed by atoms with Crippen LogP contribution in [0, 0.1) is 19.7 Å². The van der Waals surface area contributed by atoms with Crippen molar-refractivity contribution in [2.24, 2.45) is 0 Å². The number of hydrogen-bond acceptors (Lipinski definition) is 6. The molecular formula is C24H26FN5O2. The van der Waals surface area contributed by atoms with E-state index in [1.165, 1.54) is 12.1 Å². The fourth-order valence-electron chi connectivity index (χ4n) is 3.87. The van der Waals surface area contributed by atoms with E-state index in [2.05, 4.69) is 20.3 Å². The maximum Gasteiger partial charge on any atom is 0.260 e. The highest BCUT2D eigenvalue weighted by Gasteiger charge is 2.26. The van der Waals surface area contributed by atoms with E-state index in [4.69, 9.17) is 4.74 Å². The van der Waals surface area contributed by atoms with Gasteiger partial charge in [0.2, 0.25) is 5.95 Å². The minimum absolute atomic E-state index is 0.0898. The highest BCUT2D eigenvalue weighted by Crippen LogP contribution is 2.27. The van der Waals surface area contributed by atoms with Gasteiger partial charge >= 0.3 is 0 Å². The minimum atomic E-state index is -0.471. The Labute approximate surface area is 186 Å². The summed E-state index contributed by atoms with van der Waals surface area (Å²) in [5.74, 6) is 0.158. The summed E-state index contributed by atoms with van der Waals surface area (Å²) in [4.78, 5) is 27.8. The third kappa shape index (κ3) is 5.38. The largest absolute Gasteiger partial charge is 0.481 e. The van der Waals surface area contributed by atoms with Gasteiger partial charge in [-0.3, -0.25) is 9.78 Å². The summed E-state index contributed by atoms with van der Waals surface area (Å²) in [6.45, 7) is 4.91. The molecule has 7 nitrogen and oxygen atoms in total. The lowest BCUT2D eigenvalue weighted by Gasteiger charge is -2.32. The van der Waals surface area contributed by atoms with Crippen molar-refractivity contribution in [3.63, 3.8) is 0 Å². The Morgan fingerprint density at radius 3 is 2.69 bits per heavy atom. The fourth-order valence-corrected chi connectivity index (χ4v) is 3.87. The second kappa shape index (κ2) is 9.72. The zero-order chi connectivity index (χ0) is 22.5. The zero-order valence-corrected chi connectivity index (χ0v) is 18.2. The number of carbonyl (C=O) groups excluding carboxylic acids is 1. The van der Waals surface area contributed by atoms with Crippen LogP contribution in [0.15, 0.2) is 48.7 Å². The molecule has 1 saturated heterocycles. The maximum absolute atomic E-state index is 13.7. The average molecular weight is 436 g/mol. The Kier molecular flexibility index (Phi) is 6.58. The topological polar surface area (TPSA) is 80.2 Å². The van der Waals surface area contributed by atoms with E-state index >= 15 is 0 Å². The SMILES string of the molecule is Cc1cc(C)nc(Nc2ccc(C3CCCN(C(=O)COc4ccccc4F)C3)nc2)n1. The van der Waals surface area contributed by atoms with Crippen LogP contribution in [0.25, 0.3) is 0 Å². The second-order valence-electron chi connectivity index (χ2n) is 7.97. The first-order valence-electron chi connectivity index (χ1n) is 10.7. The summed E-state index contributed by atoms with van der Waals surface area (Å²) < 4.78 is 19.1. The number of nitrogens with one attached hydrogen (secondary N) is 1. The molecule has 1 unspecified atom stereocenters. The van der Waals surface area contributed by atoms with Crippen LogP contribution < -0.4 is 10.1 Å². The van der Waals surface area contributed by atoms with E-state index in [1.807, 2.05) is 32.0 Å². The number of rotatable bonds is 6. The first kappa shape index (κ1) is 21.7. The van der Waals surface area contributed by atoms with Crippen LogP contribution in [0.4, 0.5) is 16.0 Å². The number of halogens is 1. The number of amides is 1. The molecule has 1 N–H and O–H groups in total. The molecule has 166 valence electrons. The van der Waals surface area contributed by atoms with Crippen LogP contribution in [0.5, 0.6) is 5.75 Å². The molecule has 0 aliphatic carbocycles. The predicted octanol–water partition coefficient (Wildman–Crippen LogP) is 4.16. The summed E-state index contributed by atoms with van der Waals surface area (Å²) in [5, 5.41) is 3.18. The highest BCUT2D eigenvalue weighted by atomic mass is 19.1. The van der Waals surface area contributed by atoms with E-state index < -0.39 is 5.82 Å². The molecule has 3 heterocycles. The molecule has 1 aromatic carbocycles. The van der Waals surface area contributed by atoms with Crippen LogP contribution in [-0.4, -0.2) is 45.5 Å². The first-order chi connectivity index (χ1) is 15.5. The van der Waals surface area contributed by atoms with Gasteiger partial charge in [-0.15, -0.1) is 0 Å². The lowest BCUT2D eigenvalue weighted by atomic mass is 9.94. The van der Waals surface area contributed by atoms with Crippen molar-refractivity contribution in [2.45, 2.75) is 32.6 Å². The van der Waals surface area contributed by atoms with Crippen molar-refractivity contribution in [2.75, 3.05) is 25.0 Å². The lowest BCUT2D eigenvalue weighted by Crippen LogP contribution is -2.41. The first-order valence-corrected chi connectivity index (χ1v) is 10.7. The second-order valence-corrected chi connectivity index (χ2v) is 7.97. The van der Waals surface area contributed by atoms with Gasteiger partial charge in [-0.25, -0.2) is 14.4 Å². The van der Waals surface area contributed by atoms with Crippen molar-refractivity contribution in [3.05, 3.63) is 71.6 Å². The van der Waals surface area contributed by atoms with Crippen molar-refractivity contribution in [1.29, 1.82) is 0 Å². The van der Waals surface area contributed by atoms with Gasteiger partial charge in [0, 0.05) is 36.1 Å². The molecule has 2 aromatic heterocycles. The molecule has 0 spiro atoms. The Balaban J connectivity index is 1.35. The smallest absolute Gasteiger partial charge is 0.260 e. The molecular weight excluding hydrogens is 409 g/mol. The lowest BCUT2D eigenvalue weighted by molar-refractivity contribution is -0.134. The van der Waals surface area contributed by atoms with Crippen LogP contribution in [0.2, 0.25) is 0 Å². The molecule has 32 heavy (non-hydrogen) atoms. The van der Waals surface area contributed by atoms with Crippen molar-refractivity contribution in [3.8, 4) is 5.75 Å². The van der Waals surface area contributed by atoms with E-state index in [-0.39, 0.29) is 24.2 Å². The van der Waals surface area contributed by atoms with E-state index in [9.17, 15) is 9.18 Å². The zero-order valence-electron chi connectivity index (χ0n) is 18.2. The van der Waals surface area contributed by atoms with Crippen LogP contribution in [0.3, 0.4) is 0 Å².